The minimum absolute atomic E-state index is 0.0834. The van der Waals surface area contributed by atoms with Crippen molar-refractivity contribution < 1.29 is 4.79 Å². The lowest BCUT2D eigenvalue weighted by molar-refractivity contribution is -0.127. The molecule has 2 aliphatic heterocycles. The van der Waals surface area contributed by atoms with Gasteiger partial charge in [0.05, 0.1) is 5.92 Å². The van der Waals surface area contributed by atoms with Gasteiger partial charge in [-0.25, -0.2) is 0 Å². The van der Waals surface area contributed by atoms with Crippen LogP contribution in [0.4, 0.5) is 0 Å². The van der Waals surface area contributed by atoms with Gasteiger partial charge in [-0.05, 0) is 68.3 Å². The van der Waals surface area contributed by atoms with Crippen LogP contribution in [-0.4, -0.2) is 66.5 Å². The minimum atomic E-state index is 0.0834. The number of likely N-dealkylation sites (tertiary alicyclic amines) is 2. The average Bonchev–Trinajstić information content (AvgIpc) is 3.53. The van der Waals surface area contributed by atoms with E-state index >= 15 is 0 Å². The molecule has 0 saturated carbocycles. The molecular weight excluding hydrogens is 420 g/mol. The molecule has 0 aliphatic carbocycles. The molecule has 0 spiro atoms. The summed E-state index contributed by atoms with van der Waals surface area (Å²) < 4.78 is 0. The molecule has 2 atom stereocenters. The molecule has 0 bridgehead atoms. The molecule has 5 nitrogen and oxygen atoms in total. The molecule has 5 rings (SSSR count). The van der Waals surface area contributed by atoms with E-state index in [1.165, 1.54) is 42.4 Å². The third kappa shape index (κ3) is 5.89. The van der Waals surface area contributed by atoms with Gasteiger partial charge in [0.1, 0.15) is 0 Å². The number of H-pyrrole nitrogens is 1. The summed E-state index contributed by atoms with van der Waals surface area (Å²) in [6.45, 7) is 7.30. The van der Waals surface area contributed by atoms with Gasteiger partial charge in [-0.1, -0.05) is 48.5 Å². The number of fused-ring (bicyclic) bond motifs is 1. The van der Waals surface area contributed by atoms with Crippen LogP contribution in [0.25, 0.3) is 10.9 Å². The summed E-state index contributed by atoms with van der Waals surface area (Å²) in [5.41, 5.74) is 3.81. The van der Waals surface area contributed by atoms with Crippen molar-refractivity contribution >= 4 is 16.8 Å². The number of nitrogens with zero attached hydrogens (tertiary/aromatic N) is 2. The first kappa shape index (κ1) is 23.1. The van der Waals surface area contributed by atoms with Crippen molar-refractivity contribution in [1.29, 1.82) is 0 Å². The SMILES string of the molecule is O=C(NCCc1c[nH]c2ccccc12)[C@@H]1C[C@H](CN2CCCC2)CN(CCc2ccccc2)C1. The van der Waals surface area contributed by atoms with Gasteiger partial charge < -0.3 is 20.1 Å². The molecule has 34 heavy (non-hydrogen) atoms. The maximum absolute atomic E-state index is 13.2. The summed E-state index contributed by atoms with van der Waals surface area (Å²) in [6, 6.07) is 19.1. The van der Waals surface area contributed by atoms with Gasteiger partial charge >= 0.3 is 0 Å². The van der Waals surface area contributed by atoms with Gasteiger partial charge in [-0.3, -0.25) is 4.79 Å². The van der Waals surface area contributed by atoms with Crippen molar-refractivity contribution in [3.05, 3.63) is 71.9 Å². The zero-order valence-corrected chi connectivity index (χ0v) is 20.2. The molecule has 2 fully saturated rings. The standard InChI is InChI=1S/C29H38N4O/c34-29(30-14-12-25-19-31-28-11-5-4-10-27(25)28)26-18-24(20-32-15-6-7-16-32)21-33(22-26)17-13-23-8-2-1-3-9-23/h1-5,8-11,19,24,26,31H,6-7,12-18,20-22H2,(H,30,34)/t24-,26-/m1/s1. The summed E-state index contributed by atoms with van der Waals surface area (Å²) in [5.74, 6) is 0.891. The van der Waals surface area contributed by atoms with E-state index in [0.29, 0.717) is 12.5 Å². The van der Waals surface area contributed by atoms with E-state index in [1.54, 1.807) is 0 Å². The molecule has 0 unspecified atom stereocenters. The van der Waals surface area contributed by atoms with Crippen LogP contribution >= 0.6 is 0 Å². The number of aromatic amines is 1. The summed E-state index contributed by atoms with van der Waals surface area (Å²) in [7, 11) is 0. The van der Waals surface area contributed by atoms with E-state index in [4.69, 9.17) is 0 Å². The summed E-state index contributed by atoms with van der Waals surface area (Å²) in [6.07, 6.45) is 7.64. The Hall–Kier alpha value is -2.63. The molecule has 180 valence electrons. The predicted octanol–water partition coefficient (Wildman–Crippen LogP) is 4.10. The summed E-state index contributed by atoms with van der Waals surface area (Å²) >= 11 is 0. The van der Waals surface area contributed by atoms with Gasteiger partial charge in [-0.15, -0.1) is 0 Å². The molecular formula is C29H38N4O. The second-order valence-corrected chi connectivity index (χ2v) is 10.2. The molecule has 2 N–H and O–H groups in total. The highest BCUT2D eigenvalue weighted by Crippen LogP contribution is 2.25. The highest BCUT2D eigenvalue weighted by Gasteiger charge is 2.32. The quantitative estimate of drug-likeness (QED) is 0.508. The Bertz CT molecular complexity index is 1060. The fraction of sp³-hybridized carbons (Fsp3) is 0.483. The van der Waals surface area contributed by atoms with Crippen LogP contribution in [0.1, 0.15) is 30.4 Å². The van der Waals surface area contributed by atoms with Crippen molar-refractivity contribution in [3.8, 4) is 0 Å². The monoisotopic (exact) mass is 458 g/mol. The van der Waals surface area contributed by atoms with Crippen LogP contribution in [0.15, 0.2) is 60.8 Å². The van der Waals surface area contributed by atoms with Crippen molar-refractivity contribution in [2.75, 3.05) is 45.8 Å². The van der Waals surface area contributed by atoms with Crippen molar-refractivity contribution in [2.24, 2.45) is 11.8 Å². The van der Waals surface area contributed by atoms with Crippen molar-refractivity contribution in [2.45, 2.75) is 32.1 Å². The van der Waals surface area contributed by atoms with E-state index < -0.39 is 0 Å². The smallest absolute Gasteiger partial charge is 0.224 e. The average molecular weight is 459 g/mol. The van der Waals surface area contributed by atoms with Gasteiger partial charge in [0.25, 0.3) is 0 Å². The largest absolute Gasteiger partial charge is 0.361 e. The second kappa shape index (κ2) is 11.2. The molecule has 3 aromatic rings. The Labute approximate surface area is 203 Å². The lowest BCUT2D eigenvalue weighted by atomic mass is 9.87. The lowest BCUT2D eigenvalue weighted by Crippen LogP contribution is -2.49. The molecule has 2 saturated heterocycles. The van der Waals surface area contributed by atoms with E-state index in [-0.39, 0.29) is 11.8 Å². The van der Waals surface area contributed by atoms with E-state index in [2.05, 4.69) is 80.9 Å². The number of para-hydroxylation sites is 1. The number of nitrogens with one attached hydrogen (secondary N) is 2. The molecule has 2 aliphatic rings. The normalized spacial score (nSPS) is 21.8. The van der Waals surface area contributed by atoms with Gasteiger partial charge in [-0.2, -0.15) is 0 Å². The number of carbonyl (C=O) groups is 1. The fourth-order valence-corrected chi connectivity index (χ4v) is 5.87. The zero-order valence-electron chi connectivity index (χ0n) is 20.2. The number of benzene rings is 2. The van der Waals surface area contributed by atoms with Crippen LogP contribution in [0.2, 0.25) is 0 Å². The number of hydrogen-bond donors (Lipinski definition) is 2. The molecule has 0 radical (unpaired) electrons. The van der Waals surface area contributed by atoms with Crippen LogP contribution in [-0.2, 0) is 17.6 Å². The molecule has 1 amide bonds. The van der Waals surface area contributed by atoms with Crippen LogP contribution < -0.4 is 5.32 Å². The number of hydrogen-bond acceptors (Lipinski definition) is 3. The number of amides is 1. The Balaban J connectivity index is 1.17. The molecule has 5 heteroatoms. The Morgan fingerprint density at radius 2 is 1.74 bits per heavy atom. The van der Waals surface area contributed by atoms with Crippen molar-refractivity contribution in [1.82, 2.24) is 20.1 Å². The first-order chi connectivity index (χ1) is 16.7. The fourth-order valence-electron chi connectivity index (χ4n) is 5.87. The van der Waals surface area contributed by atoms with Gasteiger partial charge in [0.15, 0.2) is 0 Å². The third-order valence-electron chi connectivity index (χ3n) is 7.63. The number of aromatic nitrogens is 1. The third-order valence-corrected chi connectivity index (χ3v) is 7.63. The first-order valence-electron chi connectivity index (χ1n) is 13.1. The Morgan fingerprint density at radius 1 is 0.941 bits per heavy atom. The number of piperidine rings is 1. The van der Waals surface area contributed by atoms with E-state index in [9.17, 15) is 4.79 Å². The van der Waals surface area contributed by atoms with Crippen molar-refractivity contribution in [3.63, 3.8) is 0 Å². The molecule has 2 aromatic carbocycles. The Kier molecular flexibility index (Phi) is 7.62. The molecule has 1 aromatic heterocycles. The Morgan fingerprint density at radius 3 is 2.59 bits per heavy atom. The maximum atomic E-state index is 13.2. The number of rotatable bonds is 9. The summed E-state index contributed by atoms with van der Waals surface area (Å²) in [5, 5.41) is 4.53. The minimum Gasteiger partial charge on any atom is -0.361 e. The van der Waals surface area contributed by atoms with E-state index in [0.717, 1.165) is 51.0 Å². The highest BCUT2D eigenvalue weighted by atomic mass is 16.1. The topological polar surface area (TPSA) is 51.4 Å². The van der Waals surface area contributed by atoms with Crippen LogP contribution in [0.3, 0.4) is 0 Å². The first-order valence-corrected chi connectivity index (χ1v) is 13.1. The zero-order chi connectivity index (χ0) is 23.2. The summed E-state index contributed by atoms with van der Waals surface area (Å²) in [4.78, 5) is 21.7. The van der Waals surface area contributed by atoms with Crippen LogP contribution in [0.5, 0.6) is 0 Å². The van der Waals surface area contributed by atoms with Crippen LogP contribution in [0, 0.1) is 11.8 Å². The second-order valence-electron chi connectivity index (χ2n) is 10.2. The number of carbonyl (C=O) groups excluding carboxylic acids is 1. The van der Waals surface area contributed by atoms with Gasteiger partial charge in [0.2, 0.25) is 5.91 Å². The predicted molar refractivity (Wildman–Crippen MR) is 139 cm³/mol. The van der Waals surface area contributed by atoms with Gasteiger partial charge in [0, 0.05) is 49.8 Å². The maximum Gasteiger partial charge on any atom is 0.224 e. The van der Waals surface area contributed by atoms with E-state index in [1.807, 2.05) is 0 Å². The highest BCUT2D eigenvalue weighted by molar-refractivity contribution is 5.83. The molecule has 3 heterocycles. The lowest BCUT2D eigenvalue weighted by Gasteiger charge is -2.38.